The molecule has 0 saturated heterocycles. The molecule has 0 saturated carbocycles. The average molecular weight is 77.1 g/mol. The molecule has 0 heterocycles. The van der Waals surface area contributed by atoms with Crippen LogP contribution in [0.25, 0.3) is 1.43 Å². The molecule has 0 fully saturated rings. The SMILES string of the molecule is [2H]O/C(O)=C/O. The van der Waals surface area contributed by atoms with Crippen LogP contribution in [-0.4, -0.2) is 15.3 Å². The summed E-state index contributed by atoms with van der Waals surface area (Å²) < 4.78 is 5.83. The first-order valence-electron chi connectivity index (χ1n) is 1.38. The van der Waals surface area contributed by atoms with Gasteiger partial charge in [-0.2, -0.15) is 0 Å². The number of aliphatic hydroxyl groups excluding tert-OH is 2. The van der Waals surface area contributed by atoms with Crippen LogP contribution in [0, 0.1) is 0 Å². The van der Waals surface area contributed by atoms with E-state index in [4.69, 9.17) is 11.6 Å². The summed E-state index contributed by atoms with van der Waals surface area (Å²) in [4.78, 5) is 0. The Kier molecular flexibility index (Phi) is 0.695. The molecule has 5 heavy (non-hydrogen) atoms. The maximum absolute atomic E-state index is 7.87. The lowest BCUT2D eigenvalue weighted by Gasteiger charge is -1.74. The lowest BCUT2D eigenvalue weighted by Crippen LogP contribution is -1.70. The first-order chi connectivity index (χ1) is 2.81. The molecule has 0 atom stereocenters. The van der Waals surface area contributed by atoms with Crippen LogP contribution in [0.3, 0.4) is 0 Å². The summed E-state index contributed by atoms with van der Waals surface area (Å²) >= 11 is 0. The van der Waals surface area contributed by atoms with Crippen molar-refractivity contribution in [2.75, 3.05) is 0 Å². The van der Waals surface area contributed by atoms with E-state index < -0.39 is 5.95 Å². The third-order valence-electron chi connectivity index (χ3n) is 0.110. The fourth-order valence-corrected chi connectivity index (χ4v) is 0. The van der Waals surface area contributed by atoms with Gasteiger partial charge in [-0.3, -0.25) is 0 Å². The Labute approximate surface area is 30.3 Å². The van der Waals surface area contributed by atoms with E-state index in [-0.39, 0.29) is 6.26 Å². The zero-order valence-electron chi connectivity index (χ0n) is 3.38. The van der Waals surface area contributed by atoms with Crippen LogP contribution in [0.4, 0.5) is 0 Å². The molecule has 3 N–H and O–H groups in total. The van der Waals surface area contributed by atoms with Crippen LogP contribution in [0.5, 0.6) is 0 Å². The summed E-state index contributed by atoms with van der Waals surface area (Å²) in [7, 11) is 0. The van der Waals surface area contributed by atoms with Crippen molar-refractivity contribution in [3.05, 3.63) is 12.2 Å². The second-order valence-corrected chi connectivity index (χ2v) is 0.467. The fraction of sp³-hybridized carbons (Fsp3) is 0. The number of aliphatic hydroxyl groups is 3. The predicted molar refractivity (Wildman–Crippen MR) is 16.0 cm³/mol. The lowest BCUT2D eigenvalue weighted by molar-refractivity contribution is 0.172. The van der Waals surface area contributed by atoms with E-state index >= 15 is 0 Å². The van der Waals surface area contributed by atoms with Gasteiger partial charge in [-0.15, -0.1) is 0 Å². The summed E-state index contributed by atoms with van der Waals surface area (Å²) in [6, 6.07) is 0. The Hall–Kier alpha value is -0.860. The highest BCUT2D eigenvalue weighted by Crippen LogP contribution is 1.67. The molecule has 3 nitrogen and oxygen atoms in total. The first kappa shape index (κ1) is 2.38. The average Bonchev–Trinajstić information content (AvgIpc) is 1.65. The van der Waals surface area contributed by atoms with E-state index in [1.165, 1.54) is 0 Å². The maximum atomic E-state index is 7.87. The van der Waals surface area contributed by atoms with Gasteiger partial charge in [0.25, 0.3) is 1.43 Å². The molecule has 0 aromatic carbocycles. The van der Waals surface area contributed by atoms with Gasteiger partial charge in [-0.1, -0.05) is 0 Å². The minimum atomic E-state index is -0.810. The van der Waals surface area contributed by atoms with Gasteiger partial charge in [0.15, 0.2) is 6.26 Å². The van der Waals surface area contributed by atoms with Gasteiger partial charge in [-0.25, -0.2) is 0 Å². The summed E-state index contributed by atoms with van der Waals surface area (Å²) in [5.74, 6) is -0.810. The topological polar surface area (TPSA) is 60.7 Å². The summed E-state index contributed by atoms with van der Waals surface area (Å²) in [5, 5.41) is 18.9. The van der Waals surface area contributed by atoms with Gasteiger partial charge < -0.3 is 15.3 Å². The third-order valence-corrected chi connectivity index (χ3v) is 0.110. The van der Waals surface area contributed by atoms with Crippen LogP contribution >= 0.6 is 0 Å². The van der Waals surface area contributed by atoms with Gasteiger partial charge in [-0.05, 0) is 0 Å². The van der Waals surface area contributed by atoms with E-state index in [9.17, 15) is 0 Å². The summed E-state index contributed by atoms with van der Waals surface area (Å²) in [5.41, 5.74) is 0. The molecule has 0 unspecified atom stereocenters. The molecular weight excluding hydrogens is 72.0 g/mol. The Morgan fingerprint density at radius 2 is 2.60 bits per heavy atom. The molecule has 30 valence electrons. The van der Waals surface area contributed by atoms with Crippen molar-refractivity contribution in [1.82, 2.24) is 0 Å². The van der Waals surface area contributed by atoms with Crippen LogP contribution in [-0.2, 0) is 0 Å². The van der Waals surface area contributed by atoms with Crippen LogP contribution in [0.1, 0.15) is 0 Å². The van der Waals surface area contributed by atoms with Gasteiger partial charge in [0, 0.05) is 0 Å². The smallest absolute Gasteiger partial charge is 0.310 e. The monoisotopic (exact) mass is 77.0 g/mol. The van der Waals surface area contributed by atoms with Crippen LogP contribution < -0.4 is 0 Å². The normalized spacial score (nSPS) is 13.6. The summed E-state index contributed by atoms with van der Waals surface area (Å²) in [6.45, 7) is 0. The number of rotatable bonds is 1. The molecule has 0 aliphatic heterocycles. The highest BCUT2D eigenvalue weighted by atomic mass is 16.5. The van der Waals surface area contributed by atoms with Crippen molar-refractivity contribution in [2.45, 2.75) is 0 Å². The Morgan fingerprint density at radius 1 is 2.00 bits per heavy atom. The molecule has 0 aliphatic carbocycles. The van der Waals surface area contributed by atoms with Gasteiger partial charge in [0.05, 0.1) is 0 Å². The summed E-state index contributed by atoms with van der Waals surface area (Å²) in [6.07, 6.45) is 0.285. The molecule has 0 radical (unpaired) electrons. The Balaban J connectivity index is 3.22. The van der Waals surface area contributed by atoms with Gasteiger partial charge in [0.1, 0.15) is 0 Å². The van der Waals surface area contributed by atoms with Gasteiger partial charge in [0.2, 0.25) is 0 Å². The predicted octanol–water partition coefficient (Wildman–Crippen LogP) is 0.459. The van der Waals surface area contributed by atoms with E-state index in [1.807, 2.05) is 0 Å². The van der Waals surface area contributed by atoms with Crippen LogP contribution in [0.2, 0.25) is 0 Å². The van der Waals surface area contributed by atoms with E-state index in [1.54, 1.807) is 0 Å². The zero-order chi connectivity index (χ0) is 4.99. The molecule has 0 bridgehead atoms. The van der Waals surface area contributed by atoms with Crippen molar-refractivity contribution >= 4 is 0 Å². The maximum Gasteiger partial charge on any atom is 0.310 e. The zero-order valence-corrected chi connectivity index (χ0v) is 2.38. The molecule has 0 aliphatic rings. The fourth-order valence-electron chi connectivity index (χ4n) is 0. The Bertz CT molecular complexity index is 59.8. The second kappa shape index (κ2) is 1.46. The van der Waals surface area contributed by atoms with E-state index in [0.29, 0.717) is 0 Å². The number of hydrogen-bond acceptors (Lipinski definition) is 3. The van der Waals surface area contributed by atoms with Crippen molar-refractivity contribution in [3.63, 3.8) is 0 Å². The van der Waals surface area contributed by atoms with Crippen molar-refractivity contribution < 1.29 is 15.3 Å². The molecule has 3 heteroatoms. The van der Waals surface area contributed by atoms with Crippen molar-refractivity contribution in [3.8, 4) is 0 Å². The molecule has 0 amide bonds. The Morgan fingerprint density at radius 3 is 2.60 bits per heavy atom. The van der Waals surface area contributed by atoms with Crippen LogP contribution in [0.15, 0.2) is 12.2 Å². The molecular formula is C2H4O3. The molecule has 0 rings (SSSR count). The van der Waals surface area contributed by atoms with Crippen molar-refractivity contribution in [1.29, 1.82) is 1.43 Å². The number of hydrogen-bond donors (Lipinski definition) is 3. The van der Waals surface area contributed by atoms with E-state index in [0.717, 1.165) is 0 Å². The molecule has 0 spiro atoms. The first-order valence-corrected chi connectivity index (χ1v) is 0.975. The molecule has 0 aromatic rings. The van der Waals surface area contributed by atoms with Gasteiger partial charge >= 0.3 is 5.95 Å². The second-order valence-electron chi connectivity index (χ2n) is 0.467. The minimum absolute atomic E-state index is 0.285. The minimum Gasteiger partial charge on any atom is -0.508 e. The van der Waals surface area contributed by atoms with Crippen molar-refractivity contribution in [2.24, 2.45) is 0 Å². The quantitative estimate of drug-likeness (QED) is 0.398. The third kappa shape index (κ3) is 3.14. The lowest BCUT2D eigenvalue weighted by atomic mass is 11.0. The van der Waals surface area contributed by atoms with E-state index in [2.05, 4.69) is 5.11 Å². The standard InChI is InChI=1S/C2H4O3/c3-1-2(4)5/h1,3-5H/i/hD. The largest absolute Gasteiger partial charge is 0.508 e. The molecule has 0 aromatic heterocycles. The highest BCUT2D eigenvalue weighted by molar-refractivity contribution is 4.63. The highest BCUT2D eigenvalue weighted by Gasteiger charge is 1.69.